The first-order chi connectivity index (χ1) is 7.66. The quantitative estimate of drug-likeness (QED) is 0.798. The summed E-state index contributed by atoms with van der Waals surface area (Å²) in [5.74, 6) is 1.44. The first-order valence-electron chi connectivity index (χ1n) is 7.05. The van der Waals surface area contributed by atoms with Gasteiger partial charge in [0.05, 0.1) is 6.10 Å². The zero-order valence-electron chi connectivity index (χ0n) is 10.9. The normalized spacial score (nSPS) is 40.5. The summed E-state index contributed by atoms with van der Waals surface area (Å²) in [6.07, 6.45) is 8.99. The maximum Gasteiger partial charge on any atom is 0.0580 e. The Morgan fingerprint density at radius 1 is 1.12 bits per heavy atom. The number of hydrogen-bond donors (Lipinski definition) is 1. The zero-order valence-corrected chi connectivity index (χ0v) is 10.9. The summed E-state index contributed by atoms with van der Waals surface area (Å²) in [6.45, 7) is 3.49. The molecular formula is C14H27NO. The first kappa shape index (κ1) is 12.4. The van der Waals surface area contributed by atoms with Gasteiger partial charge in [-0.15, -0.1) is 0 Å². The molecule has 1 N–H and O–H groups in total. The van der Waals surface area contributed by atoms with Crippen LogP contribution < -0.4 is 0 Å². The van der Waals surface area contributed by atoms with Crippen LogP contribution in [0.3, 0.4) is 0 Å². The van der Waals surface area contributed by atoms with Crippen LogP contribution in [0, 0.1) is 11.8 Å². The topological polar surface area (TPSA) is 23.5 Å². The van der Waals surface area contributed by atoms with Gasteiger partial charge in [0.1, 0.15) is 0 Å². The van der Waals surface area contributed by atoms with Crippen molar-refractivity contribution in [2.45, 2.75) is 64.0 Å². The van der Waals surface area contributed by atoms with Crippen LogP contribution >= 0.6 is 0 Å². The van der Waals surface area contributed by atoms with Crippen molar-refractivity contribution in [2.75, 3.05) is 13.6 Å². The van der Waals surface area contributed by atoms with Crippen LogP contribution in [-0.4, -0.2) is 35.7 Å². The Hall–Kier alpha value is -0.0800. The first-order valence-corrected chi connectivity index (χ1v) is 7.05. The third-order valence-corrected chi connectivity index (χ3v) is 4.67. The second kappa shape index (κ2) is 5.50. The zero-order chi connectivity index (χ0) is 11.5. The van der Waals surface area contributed by atoms with Gasteiger partial charge in [0.2, 0.25) is 0 Å². The van der Waals surface area contributed by atoms with Crippen molar-refractivity contribution in [3.63, 3.8) is 0 Å². The maximum absolute atomic E-state index is 9.86. The average Bonchev–Trinajstić information content (AvgIpc) is 2.64. The molecule has 16 heavy (non-hydrogen) atoms. The molecule has 0 aromatic heterocycles. The van der Waals surface area contributed by atoms with Crippen molar-refractivity contribution >= 4 is 0 Å². The summed E-state index contributed by atoms with van der Waals surface area (Å²) in [4.78, 5) is 2.52. The lowest BCUT2D eigenvalue weighted by Gasteiger charge is -2.36. The van der Waals surface area contributed by atoms with Gasteiger partial charge in [-0.1, -0.05) is 26.2 Å². The molecule has 2 saturated carbocycles. The largest absolute Gasteiger partial charge is 0.393 e. The van der Waals surface area contributed by atoms with Crippen molar-refractivity contribution < 1.29 is 5.11 Å². The molecule has 0 spiro atoms. The number of hydrogen-bond acceptors (Lipinski definition) is 2. The Morgan fingerprint density at radius 2 is 1.88 bits per heavy atom. The highest BCUT2D eigenvalue weighted by molar-refractivity contribution is 4.83. The van der Waals surface area contributed by atoms with Crippen LogP contribution in [0.2, 0.25) is 0 Å². The van der Waals surface area contributed by atoms with Gasteiger partial charge in [0, 0.05) is 12.6 Å². The summed E-state index contributed by atoms with van der Waals surface area (Å²) in [5.41, 5.74) is 0. The molecule has 2 heteroatoms. The minimum absolute atomic E-state index is 0.0246. The van der Waals surface area contributed by atoms with Gasteiger partial charge in [0.15, 0.2) is 0 Å². The van der Waals surface area contributed by atoms with Crippen molar-refractivity contribution in [1.29, 1.82) is 0 Å². The second-order valence-electron chi connectivity index (χ2n) is 6.12. The fraction of sp³-hybridized carbons (Fsp3) is 1.00. The minimum atomic E-state index is -0.0246. The van der Waals surface area contributed by atoms with Crippen LogP contribution in [0.1, 0.15) is 51.9 Å². The Balaban J connectivity index is 1.80. The highest BCUT2D eigenvalue weighted by atomic mass is 16.3. The summed E-state index contributed by atoms with van der Waals surface area (Å²) >= 11 is 0. The molecule has 0 aromatic rings. The van der Waals surface area contributed by atoms with E-state index in [1.165, 1.54) is 38.5 Å². The molecule has 2 nitrogen and oxygen atoms in total. The van der Waals surface area contributed by atoms with Crippen LogP contribution in [0.25, 0.3) is 0 Å². The van der Waals surface area contributed by atoms with Gasteiger partial charge in [-0.2, -0.15) is 0 Å². The molecule has 2 fully saturated rings. The second-order valence-corrected chi connectivity index (χ2v) is 6.12. The lowest BCUT2D eigenvalue weighted by Crippen LogP contribution is -2.40. The molecule has 0 saturated heterocycles. The summed E-state index contributed by atoms with van der Waals surface area (Å²) < 4.78 is 0. The van der Waals surface area contributed by atoms with Gasteiger partial charge in [-0.25, -0.2) is 0 Å². The minimum Gasteiger partial charge on any atom is -0.393 e. The molecule has 0 radical (unpaired) electrons. The van der Waals surface area contributed by atoms with Crippen molar-refractivity contribution in [3.05, 3.63) is 0 Å². The smallest absolute Gasteiger partial charge is 0.0580 e. The molecule has 0 amide bonds. The Labute approximate surface area is 100 Å². The summed E-state index contributed by atoms with van der Waals surface area (Å²) in [7, 11) is 2.26. The molecule has 4 atom stereocenters. The third kappa shape index (κ3) is 2.98. The molecule has 2 aliphatic rings. The SMILES string of the molecule is CC1CCCC(N(C)CC2CCCC2O)C1. The monoisotopic (exact) mass is 225 g/mol. The highest BCUT2D eigenvalue weighted by Crippen LogP contribution is 2.30. The Bertz CT molecular complexity index is 219. The molecule has 2 aliphatic carbocycles. The highest BCUT2D eigenvalue weighted by Gasteiger charge is 2.29. The van der Waals surface area contributed by atoms with E-state index in [0.717, 1.165) is 24.9 Å². The van der Waals surface area contributed by atoms with Crippen LogP contribution in [0.15, 0.2) is 0 Å². The van der Waals surface area contributed by atoms with Crippen molar-refractivity contribution in [1.82, 2.24) is 4.90 Å². The van der Waals surface area contributed by atoms with E-state index in [4.69, 9.17) is 0 Å². The molecular weight excluding hydrogens is 198 g/mol. The molecule has 4 unspecified atom stereocenters. The molecule has 2 rings (SSSR count). The predicted octanol–water partition coefficient (Wildman–Crippen LogP) is 2.66. The van der Waals surface area contributed by atoms with Crippen molar-refractivity contribution in [3.8, 4) is 0 Å². The maximum atomic E-state index is 9.86. The Kier molecular flexibility index (Phi) is 4.26. The van der Waals surface area contributed by atoms with E-state index in [-0.39, 0.29) is 6.10 Å². The van der Waals surface area contributed by atoms with E-state index < -0.39 is 0 Å². The third-order valence-electron chi connectivity index (χ3n) is 4.67. The van der Waals surface area contributed by atoms with Crippen molar-refractivity contribution in [2.24, 2.45) is 11.8 Å². The fourth-order valence-corrected chi connectivity index (χ4v) is 3.55. The Morgan fingerprint density at radius 3 is 2.50 bits per heavy atom. The molecule has 0 aromatic carbocycles. The van der Waals surface area contributed by atoms with Gasteiger partial charge in [0.25, 0.3) is 0 Å². The van der Waals surface area contributed by atoms with E-state index in [2.05, 4.69) is 18.9 Å². The van der Waals surface area contributed by atoms with Crippen LogP contribution in [0.5, 0.6) is 0 Å². The molecule has 0 bridgehead atoms. The number of aliphatic hydroxyl groups excluding tert-OH is 1. The van der Waals surface area contributed by atoms with E-state index in [0.29, 0.717) is 5.92 Å². The molecule has 0 heterocycles. The van der Waals surface area contributed by atoms with Gasteiger partial charge < -0.3 is 10.0 Å². The summed E-state index contributed by atoms with van der Waals surface area (Å²) in [5, 5.41) is 9.86. The lowest BCUT2D eigenvalue weighted by molar-refractivity contribution is 0.0823. The molecule has 0 aliphatic heterocycles. The van der Waals surface area contributed by atoms with Crippen LogP contribution in [0.4, 0.5) is 0 Å². The predicted molar refractivity (Wildman–Crippen MR) is 67.4 cm³/mol. The van der Waals surface area contributed by atoms with Gasteiger partial charge >= 0.3 is 0 Å². The number of rotatable bonds is 3. The number of aliphatic hydroxyl groups is 1. The van der Waals surface area contributed by atoms with Gasteiger partial charge in [-0.05, 0) is 44.6 Å². The van der Waals surface area contributed by atoms with Gasteiger partial charge in [-0.3, -0.25) is 0 Å². The summed E-state index contributed by atoms with van der Waals surface area (Å²) in [6, 6.07) is 0.775. The number of nitrogens with zero attached hydrogens (tertiary/aromatic N) is 1. The lowest BCUT2D eigenvalue weighted by atomic mass is 9.86. The van der Waals surface area contributed by atoms with E-state index in [9.17, 15) is 5.11 Å². The van der Waals surface area contributed by atoms with E-state index >= 15 is 0 Å². The van der Waals surface area contributed by atoms with Crippen LogP contribution in [-0.2, 0) is 0 Å². The standard InChI is InChI=1S/C14H27NO/c1-11-5-3-7-13(9-11)15(2)10-12-6-4-8-14(12)16/h11-14,16H,3-10H2,1-2H3. The fourth-order valence-electron chi connectivity index (χ4n) is 3.55. The molecule has 94 valence electrons. The van der Waals surface area contributed by atoms with E-state index in [1.807, 2.05) is 0 Å². The average molecular weight is 225 g/mol. The van der Waals surface area contributed by atoms with E-state index in [1.54, 1.807) is 0 Å².